The molecule has 0 fully saturated rings. The zero-order valence-electron chi connectivity index (χ0n) is 11.0. The van der Waals surface area contributed by atoms with Crippen LogP contribution in [0.2, 0.25) is 0 Å². The first-order chi connectivity index (χ1) is 10.5. The standard InChI is InChI=1S/C15H9F3N2OS/c16-15(17,18)21-12-5-3-10(4-6-12)14-20-13(9-22-14)11-2-1-7-19-8-11/h1-9H. The van der Waals surface area contributed by atoms with Gasteiger partial charge in [0.1, 0.15) is 10.8 Å². The smallest absolute Gasteiger partial charge is 0.406 e. The molecular formula is C15H9F3N2OS. The molecule has 7 heteroatoms. The number of ether oxygens (including phenoxy) is 1. The number of benzene rings is 1. The molecule has 2 aromatic heterocycles. The number of hydrogen-bond donors (Lipinski definition) is 0. The van der Waals surface area contributed by atoms with E-state index in [-0.39, 0.29) is 5.75 Å². The highest BCUT2D eigenvalue weighted by Gasteiger charge is 2.30. The van der Waals surface area contributed by atoms with Crippen LogP contribution in [0.5, 0.6) is 5.75 Å². The molecular weight excluding hydrogens is 313 g/mol. The van der Waals surface area contributed by atoms with Gasteiger partial charge in [-0.2, -0.15) is 0 Å². The SMILES string of the molecule is FC(F)(F)Oc1ccc(-c2nc(-c3cccnc3)cs2)cc1. The predicted molar refractivity (Wildman–Crippen MR) is 77.5 cm³/mol. The molecule has 0 bridgehead atoms. The maximum atomic E-state index is 12.1. The number of pyridine rings is 1. The lowest BCUT2D eigenvalue weighted by atomic mass is 10.2. The average molecular weight is 322 g/mol. The third kappa shape index (κ3) is 3.43. The molecule has 1 aromatic carbocycles. The molecule has 0 N–H and O–H groups in total. The third-order valence-corrected chi connectivity index (χ3v) is 3.69. The Balaban J connectivity index is 1.82. The monoisotopic (exact) mass is 322 g/mol. The van der Waals surface area contributed by atoms with Crippen LogP contribution in [0.25, 0.3) is 21.8 Å². The van der Waals surface area contributed by atoms with Crippen molar-refractivity contribution in [1.82, 2.24) is 9.97 Å². The van der Waals surface area contributed by atoms with Crippen molar-refractivity contribution in [2.24, 2.45) is 0 Å². The number of rotatable bonds is 3. The summed E-state index contributed by atoms with van der Waals surface area (Å²) in [6.07, 6.45) is -1.30. The van der Waals surface area contributed by atoms with Crippen LogP contribution in [0.1, 0.15) is 0 Å². The Labute approximate surface area is 128 Å². The fourth-order valence-corrected chi connectivity index (χ4v) is 2.69. The molecule has 0 aliphatic carbocycles. The van der Waals surface area contributed by atoms with E-state index in [4.69, 9.17) is 0 Å². The Hall–Kier alpha value is -2.41. The van der Waals surface area contributed by atoms with E-state index in [0.29, 0.717) is 0 Å². The second-order valence-electron chi connectivity index (χ2n) is 4.35. The molecule has 3 aromatic rings. The second-order valence-corrected chi connectivity index (χ2v) is 5.21. The molecule has 0 saturated heterocycles. The first-order valence-corrected chi connectivity index (χ1v) is 7.11. The molecule has 3 nitrogen and oxygen atoms in total. The van der Waals surface area contributed by atoms with E-state index in [9.17, 15) is 13.2 Å². The van der Waals surface area contributed by atoms with E-state index in [1.807, 2.05) is 17.5 Å². The second kappa shape index (κ2) is 5.76. The minimum Gasteiger partial charge on any atom is -0.406 e. The van der Waals surface area contributed by atoms with Crippen LogP contribution in [0.15, 0.2) is 54.2 Å². The minimum atomic E-state index is -4.68. The summed E-state index contributed by atoms with van der Waals surface area (Å²) in [7, 11) is 0. The van der Waals surface area contributed by atoms with Gasteiger partial charge in [-0.15, -0.1) is 24.5 Å². The van der Waals surface area contributed by atoms with Gasteiger partial charge in [0.05, 0.1) is 5.69 Å². The number of alkyl halides is 3. The van der Waals surface area contributed by atoms with Crippen LogP contribution in [-0.4, -0.2) is 16.3 Å². The zero-order chi connectivity index (χ0) is 15.6. The predicted octanol–water partition coefficient (Wildman–Crippen LogP) is 4.77. The van der Waals surface area contributed by atoms with Gasteiger partial charge in [0.15, 0.2) is 0 Å². The van der Waals surface area contributed by atoms with Gasteiger partial charge in [-0.25, -0.2) is 4.98 Å². The summed E-state index contributed by atoms with van der Waals surface area (Å²) in [6.45, 7) is 0. The Morgan fingerprint density at radius 2 is 1.77 bits per heavy atom. The fraction of sp³-hybridized carbons (Fsp3) is 0.0667. The van der Waals surface area contributed by atoms with Gasteiger partial charge in [-0.3, -0.25) is 4.98 Å². The van der Waals surface area contributed by atoms with Crippen LogP contribution in [0.3, 0.4) is 0 Å². The average Bonchev–Trinajstić information content (AvgIpc) is 2.97. The molecule has 0 radical (unpaired) electrons. The van der Waals surface area contributed by atoms with Crippen LogP contribution in [0, 0.1) is 0 Å². The van der Waals surface area contributed by atoms with Crippen molar-refractivity contribution in [2.75, 3.05) is 0 Å². The number of aromatic nitrogens is 2. The largest absolute Gasteiger partial charge is 0.573 e. The Bertz CT molecular complexity index is 754. The normalized spacial score (nSPS) is 11.4. The van der Waals surface area contributed by atoms with Gasteiger partial charge in [-0.1, -0.05) is 0 Å². The van der Waals surface area contributed by atoms with Gasteiger partial charge >= 0.3 is 6.36 Å². The third-order valence-electron chi connectivity index (χ3n) is 2.80. The van der Waals surface area contributed by atoms with Crippen LogP contribution in [-0.2, 0) is 0 Å². The molecule has 22 heavy (non-hydrogen) atoms. The van der Waals surface area contributed by atoms with Gasteiger partial charge < -0.3 is 4.74 Å². The van der Waals surface area contributed by atoms with E-state index >= 15 is 0 Å². The molecule has 3 rings (SSSR count). The van der Waals surface area contributed by atoms with Gasteiger partial charge in [0.2, 0.25) is 0 Å². The number of hydrogen-bond acceptors (Lipinski definition) is 4. The Kier molecular flexibility index (Phi) is 3.81. The summed E-state index contributed by atoms with van der Waals surface area (Å²) in [5, 5.41) is 2.60. The Morgan fingerprint density at radius 1 is 1.00 bits per heavy atom. The summed E-state index contributed by atoms with van der Waals surface area (Å²) < 4.78 is 40.2. The van der Waals surface area contributed by atoms with Crippen molar-refractivity contribution in [3.05, 3.63) is 54.2 Å². The lowest BCUT2D eigenvalue weighted by Gasteiger charge is -2.08. The van der Waals surface area contributed by atoms with Crippen molar-refractivity contribution in [1.29, 1.82) is 0 Å². The quantitative estimate of drug-likeness (QED) is 0.696. The maximum Gasteiger partial charge on any atom is 0.573 e. The van der Waals surface area contributed by atoms with Gasteiger partial charge in [0.25, 0.3) is 0 Å². The van der Waals surface area contributed by atoms with Crippen molar-refractivity contribution >= 4 is 11.3 Å². The molecule has 0 aliphatic rings. The molecule has 0 amide bonds. The van der Waals surface area contributed by atoms with Crippen molar-refractivity contribution in [3.8, 4) is 27.6 Å². The molecule has 0 unspecified atom stereocenters. The number of nitrogens with zero attached hydrogens (tertiary/aromatic N) is 2. The lowest BCUT2D eigenvalue weighted by molar-refractivity contribution is -0.274. The molecule has 0 atom stereocenters. The molecule has 0 aliphatic heterocycles. The molecule has 0 spiro atoms. The summed E-state index contributed by atoms with van der Waals surface area (Å²) in [4.78, 5) is 8.50. The van der Waals surface area contributed by atoms with Crippen LogP contribution < -0.4 is 4.74 Å². The number of halogens is 3. The van der Waals surface area contributed by atoms with Gasteiger partial charge in [0, 0.05) is 28.9 Å². The molecule has 2 heterocycles. The highest BCUT2D eigenvalue weighted by atomic mass is 32.1. The summed E-state index contributed by atoms with van der Waals surface area (Å²) >= 11 is 1.41. The first-order valence-electron chi connectivity index (χ1n) is 6.23. The van der Waals surface area contributed by atoms with Crippen molar-refractivity contribution in [2.45, 2.75) is 6.36 Å². The molecule has 112 valence electrons. The highest BCUT2D eigenvalue weighted by molar-refractivity contribution is 7.13. The molecule has 0 saturated carbocycles. The summed E-state index contributed by atoms with van der Waals surface area (Å²) in [6, 6.07) is 9.35. The van der Waals surface area contributed by atoms with E-state index < -0.39 is 6.36 Å². The van der Waals surface area contributed by atoms with Crippen molar-refractivity contribution in [3.63, 3.8) is 0 Å². The topological polar surface area (TPSA) is 35.0 Å². The van der Waals surface area contributed by atoms with E-state index in [1.54, 1.807) is 24.5 Å². The van der Waals surface area contributed by atoms with Crippen LogP contribution in [0.4, 0.5) is 13.2 Å². The lowest BCUT2D eigenvalue weighted by Crippen LogP contribution is -2.16. The highest BCUT2D eigenvalue weighted by Crippen LogP contribution is 2.30. The fourth-order valence-electron chi connectivity index (χ4n) is 1.85. The number of thiazole rings is 1. The van der Waals surface area contributed by atoms with Crippen LogP contribution >= 0.6 is 11.3 Å². The summed E-state index contributed by atoms with van der Waals surface area (Å²) in [5.74, 6) is -0.250. The summed E-state index contributed by atoms with van der Waals surface area (Å²) in [5.41, 5.74) is 2.40. The van der Waals surface area contributed by atoms with E-state index in [1.165, 1.54) is 23.5 Å². The van der Waals surface area contributed by atoms with Gasteiger partial charge in [-0.05, 0) is 36.4 Å². The Morgan fingerprint density at radius 3 is 2.41 bits per heavy atom. The van der Waals surface area contributed by atoms with E-state index in [0.717, 1.165) is 21.8 Å². The van der Waals surface area contributed by atoms with E-state index in [2.05, 4.69) is 14.7 Å². The van der Waals surface area contributed by atoms with Crippen molar-refractivity contribution < 1.29 is 17.9 Å². The zero-order valence-corrected chi connectivity index (χ0v) is 11.9. The maximum absolute atomic E-state index is 12.1. The first kappa shape index (κ1) is 14.5. The minimum absolute atomic E-state index is 0.250.